The molecule has 1 fully saturated rings. The smallest absolute Gasteiger partial charge is 0.314 e. The Morgan fingerprint density at radius 1 is 1.42 bits per heavy atom. The summed E-state index contributed by atoms with van der Waals surface area (Å²) in [6, 6.07) is 9.94. The minimum atomic E-state index is -0.165. The first kappa shape index (κ1) is 14.1. The normalized spacial score (nSPS) is 21.3. The maximum atomic E-state index is 12.0. The third-order valence-corrected chi connectivity index (χ3v) is 4.08. The van der Waals surface area contributed by atoms with Crippen molar-refractivity contribution >= 4 is 5.97 Å². The minimum Gasteiger partial charge on any atom is -0.469 e. The van der Waals surface area contributed by atoms with E-state index < -0.39 is 0 Å². The van der Waals surface area contributed by atoms with E-state index in [1.807, 2.05) is 30.3 Å². The van der Waals surface area contributed by atoms with Crippen molar-refractivity contribution in [2.24, 2.45) is 5.92 Å². The highest BCUT2D eigenvalue weighted by molar-refractivity contribution is 5.78. The van der Waals surface area contributed by atoms with E-state index in [0.29, 0.717) is 0 Å². The summed E-state index contributed by atoms with van der Waals surface area (Å²) in [5.74, 6) is 0.488. The van der Waals surface area contributed by atoms with Crippen molar-refractivity contribution < 1.29 is 9.53 Å². The summed E-state index contributed by atoms with van der Waals surface area (Å²) < 4.78 is 4.96. The molecule has 0 bridgehead atoms. The zero-order valence-corrected chi connectivity index (χ0v) is 11.8. The predicted molar refractivity (Wildman–Crippen MR) is 76.0 cm³/mol. The molecule has 2 unspecified atom stereocenters. The summed E-state index contributed by atoms with van der Waals surface area (Å²) in [7, 11) is 1.47. The lowest BCUT2D eigenvalue weighted by Crippen LogP contribution is -2.31. The van der Waals surface area contributed by atoms with Crippen LogP contribution < -0.4 is 0 Å². The van der Waals surface area contributed by atoms with Gasteiger partial charge in [-0.3, -0.25) is 4.79 Å². The summed E-state index contributed by atoms with van der Waals surface area (Å²) in [5, 5.41) is 0. The number of nitrogens with zero attached hydrogens (tertiary/aromatic N) is 1. The summed E-state index contributed by atoms with van der Waals surface area (Å²) in [6.45, 7) is 5.21. The number of ether oxygens (including phenoxy) is 1. The first-order valence-electron chi connectivity index (χ1n) is 7.09. The van der Waals surface area contributed by atoms with E-state index in [-0.39, 0.29) is 11.9 Å². The molecule has 0 radical (unpaired) electrons. The zero-order valence-electron chi connectivity index (χ0n) is 11.8. The number of hydrogen-bond acceptors (Lipinski definition) is 3. The minimum absolute atomic E-state index is 0.133. The molecular weight excluding hydrogens is 238 g/mol. The lowest BCUT2D eigenvalue weighted by atomic mass is 9.98. The van der Waals surface area contributed by atoms with Crippen molar-refractivity contribution in [2.45, 2.75) is 25.7 Å². The second-order valence-corrected chi connectivity index (χ2v) is 5.31. The summed E-state index contributed by atoms with van der Waals surface area (Å²) in [5.41, 5.74) is 1.05. The Balaban J connectivity index is 2.05. The second kappa shape index (κ2) is 6.71. The molecular formula is C16H23NO2. The third kappa shape index (κ3) is 3.57. The van der Waals surface area contributed by atoms with Gasteiger partial charge in [-0.1, -0.05) is 43.7 Å². The first-order valence-corrected chi connectivity index (χ1v) is 7.09. The van der Waals surface area contributed by atoms with Crippen LogP contribution in [0.4, 0.5) is 0 Å². The molecule has 2 rings (SSSR count). The molecule has 19 heavy (non-hydrogen) atoms. The number of likely N-dealkylation sites (tertiary alicyclic amines) is 1. The van der Waals surface area contributed by atoms with Gasteiger partial charge < -0.3 is 9.64 Å². The van der Waals surface area contributed by atoms with Gasteiger partial charge in [-0.15, -0.1) is 0 Å². The van der Waals surface area contributed by atoms with E-state index in [1.165, 1.54) is 20.0 Å². The maximum Gasteiger partial charge on any atom is 0.314 e. The summed E-state index contributed by atoms with van der Waals surface area (Å²) in [4.78, 5) is 14.4. The Morgan fingerprint density at radius 2 is 2.16 bits per heavy atom. The molecule has 1 aromatic carbocycles. The van der Waals surface area contributed by atoms with E-state index in [4.69, 9.17) is 4.74 Å². The zero-order chi connectivity index (χ0) is 13.7. The van der Waals surface area contributed by atoms with E-state index in [0.717, 1.165) is 31.1 Å². The highest BCUT2D eigenvalue weighted by Crippen LogP contribution is 2.24. The molecule has 3 nitrogen and oxygen atoms in total. The van der Waals surface area contributed by atoms with Crippen molar-refractivity contribution in [3.05, 3.63) is 35.9 Å². The van der Waals surface area contributed by atoms with Gasteiger partial charge in [0.1, 0.15) is 0 Å². The number of carbonyl (C=O) groups is 1. The predicted octanol–water partition coefficient (Wildman–Crippen LogP) is 2.68. The Bertz CT molecular complexity index is 404. The van der Waals surface area contributed by atoms with Crippen LogP contribution in [-0.4, -0.2) is 37.6 Å². The Kier molecular flexibility index (Phi) is 4.97. The molecule has 0 aromatic heterocycles. The lowest BCUT2D eigenvalue weighted by Gasteiger charge is -2.22. The van der Waals surface area contributed by atoms with Crippen molar-refractivity contribution in [1.82, 2.24) is 4.90 Å². The molecule has 1 aliphatic heterocycles. The SMILES string of the molecule is CCC1CCN(CC(C(=O)OC)c2ccccc2)C1. The van der Waals surface area contributed by atoms with Gasteiger partial charge >= 0.3 is 5.97 Å². The standard InChI is InChI=1S/C16H23NO2/c1-3-13-9-10-17(11-13)12-15(16(18)19-2)14-7-5-4-6-8-14/h4-8,13,15H,3,9-12H2,1-2H3. The molecule has 1 aromatic rings. The molecule has 0 N–H and O–H groups in total. The van der Waals surface area contributed by atoms with Gasteiger partial charge in [0.25, 0.3) is 0 Å². The molecule has 1 heterocycles. The molecule has 0 spiro atoms. The highest BCUT2D eigenvalue weighted by Gasteiger charge is 2.28. The van der Waals surface area contributed by atoms with Crippen LogP contribution in [0, 0.1) is 5.92 Å². The van der Waals surface area contributed by atoms with Crippen molar-refractivity contribution in [2.75, 3.05) is 26.7 Å². The van der Waals surface area contributed by atoms with Crippen LogP contribution in [0.1, 0.15) is 31.2 Å². The van der Waals surface area contributed by atoms with E-state index in [9.17, 15) is 4.79 Å². The van der Waals surface area contributed by atoms with Gasteiger partial charge in [0.15, 0.2) is 0 Å². The number of esters is 1. The number of hydrogen-bond donors (Lipinski definition) is 0. The Hall–Kier alpha value is -1.35. The molecule has 104 valence electrons. The largest absolute Gasteiger partial charge is 0.469 e. The number of carbonyl (C=O) groups excluding carboxylic acids is 1. The lowest BCUT2D eigenvalue weighted by molar-refractivity contribution is -0.142. The van der Waals surface area contributed by atoms with Crippen LogP contribution in [0.3, 0.4) is 0 Å². The van der Waals surface area contributed by atoms with Crippen LogP contribution in [0.15, 0.2) is 30.3 Å². The fraction of sp³-hybridized carbons (Fsp3) is 0.562. The molecule has 1 saturated heterocycles. The molecule has 3 heteroatoms. The quantitative estimate of drug-likeness (QED) is 0.763. The van der Waals surface area contributed by atoms with Gasteiger partial charge in [0.05, 0.1) is 13.0 Å². The molecule has 1 aliphatic rings. The maximum absolute atomic E-state index is 12.0. The van der Waals surface area contributed by atoms with E-state index in [2.05, 4.69) is 11.8 Å². The third-order valence-electron chi connectivity index (χ3n) is 4.08. The van der Waals surface area contributed by atoms with Gasteiger partial charge in [0.2, 0.25) is 0 Å². The summed E-state index contributed by atoms with van der Waals surface area (Å²) >= 11 is 0. The second-order valence-electron chi connectivity index (χ2n) is 5.31. The number of methoxy groups -OCH3 is 1. The number of rotatable bonds is 5. The van der Waals surface area contributed by atoms with Gasteiger partial charge in [0, 0.05) is 13.1 Å². The van der Waals surface area contributed by atoms with Crippen LogP contribution in [0.2, 0.25) is 0 Å². The monoisotopic (exact) mass is 261 g/mol. The van der Waals surface area contributed by atoms with Crippen molar-refractivity contribution in [1.29, 1.82) is 0 Å². The van der Waals surface area contributed by atoms with Gasteiger partial charge in [-0.25, -0.2) is 0 Å². The topological polar surface area (TPSA) is 29.5 Å². The van der Waals surface area contributed by atoms with Crippen LogP contribution in [-0.2, 0) is 9.53 Å². The Morgan fingerprint density at radius 3 is 2.74 bits per heavy atom. The van der Waals surface area contributed by atoms with E-state index >= 15 is 0 Å². The van der Waals surface area contributed by atoms with Crippen LogP contribution in [0.5, 0.6) is 0 Å². The highest BCUT2D eigenvalue weighted by atomic mass is 16.5. The molecule has 0 aliphatic carbocycles. The Labute approximate surface area is 115 Å². The van der Waals surface area contributed by atoms with Crippen LogP contribution >= 0.6 is 0 Å². The molecule has 2 atom stereocenters. The van der Waals surface area contributed by atoms with Gasteiger partial charge in [-0.05, 0) is 24.4 Å². The first-order chi connectivity index (χ1) is 9.24. The fourth-order valence-corrected chi connectivity index (χ4v) is 2.81. The molecule has 0 saturated carbocycles. The van der Waals surface area contributed by atoms with E-state index in [1.54, 1.807) is 0 Å². The fourth-order valence-electron chi connectivity index (χ4n) is 2.81. The average Bonchev–Trinajstić information content (AvgIpc) is 2.92. The van der Waals surface area contributed by atoms with Gasteiger partial charge in [-0.2, -0.15) is 0 Å². The van der Waals surface area contributed by atoms with Crippen molar-refractivity contribution in [3.8, 4) is 0 Å². The van der Waals surface area contributed by atoms with Crippen molar-refractivity contribution in [3.63, 3.8) is 0 Å². The summed E-state index contributed by atoms with van der Waals surface area (Å²) in [6.07, 6.45) is 2.48. The average molecular weight is 261 g/mol. The van der Waals surface area contributed by atoms with Crippen LogP contribution in [0.25, 0.3) is 0 Å². The number of benzene rings is 1. The molecule has 0 amide bonds.